The smallest absolute Gasteiger partial charge is 0.242 e. The van der Waals surface area contributed by atoms with Gasteiger partial charge in [-0.3, -0.25) is 9.48 Å². The van der Waals surface area contributed by atoms with Crippen LogP contribution in [0.1, 0.15) is 43.3 Å². The summed E-state index contributed by atoms with van der Waals surface area (Å²) in [6.45, 7) is 13.9. The van der Waals surface area contributed by atoms with Crippen LogP contribution in [0.4, 0.5) is 0 Å². The highest BCUT2D eigenvalue weighted by atomic mass is 16.2. The molecule has 0 spiro atoms. The molecule has 0 aliphatic rings. The third-order valence-electron chi connectivity index (χ3n) is 5.28. The zero-order valence-electron chi connectivity index (χ0n) is 19.3. The molecule has 0 atom stereocenters. The van der Waals surface area contributed by atoms with Gasteiger partial charge in [-0.25, -0.2) is 4.99 Å². The van der Waals surface area contributed by atoms with Crippen molar-refractivity contribution in [3.05, 3.63) is 52.8 Å². The van der Waals surface area contributed by atoms with E-state index >= 15 is 0 Å². The molecular formula is C23H36N6O. The van der Waals surface area contributed by atoms with E-state index in [9.17, 15) is 4.79 Å². The number of carbonyl (C=O) groups is 1. The average molecular weight is 413 g/mol. The second-order valence-corrected chi connectivity index (χ2v) is 7.38. The molecule has 0 radical (unpaired) electrons. The average Bonchev–Trinajstić information content (AvgIpc) is 2.99. The minimum atomic E-state index is 0.108. The quantitative estimate of drug-likeness (QED) is 0.508. The van der Waals surface area contributed by atoms with E-state index in [2.05, 4.69) is 24.4 Å². The molecule has 0 saturated carbocycles. The Morgan fingerprint density at radius 1 is 1.13 bits per heavy atom. The number of guanidine groups is 1. The summed E-state index contributed by atoms with van der Waals surface area (Å²) in [6.07, 6.45) is 0. The molecule has 0 aliphatic heterocycles. The second-order valence-electron chi connectivity index (χ2n) is 7.38. The van der Waals surface area contributed by atoms with E-state index in [1.165, 1.54) is 5.56 Å². The number of nitrogens with one attached hydrogen (secondary N) is 1. The number of rotatable bonds is 9. The predicted octanol–water partition coefficient (Wildman–Crippen LogP) is 2.81. The molecule has 0 saturated heterocycles. The summed E-state index contributed by atoms with van der Waals surface area (Å²) in [5.74, 6) is 0.837. The third-order valence-corrected chi connectivity index (χ3v) is 5.28. The van der Waals surface area contributed by atoms with E-state index in [0.29, 0.717) is 13.1 Å². The summed E-state index contributed by atoms with van der Waals surface area (Å²) in [5, 5.41) is 8.02. The fraction of sp³-hybridized carbons (Fsp3) is 0.522. The number of aromatic nitrogens is 2. The topological polar surface area (TPSA) is 65.8 Å². The number of hydrogen-bond acceptors (Lipinski definition) is 3. The van der Waals surface area contributed by atoms with Crippen LogP contribution in [0.15, 0.2) is 35.3 Å². The third kappa shape index (κ3) is 6.08. The molecule has 7 nitrogen and oxygen atoms in total. The number of carbonyl (C=O) groups excluding carboxylic acids is 1. The van der Waals surface area contributed by atoms with Crippen molar-refractivity contribution in [2.24, 2.45) is 4.99 Å². The highest BCUT2D eigenvalue weighted by molar-refractivity contribution is 5.86. The van der Waals surface area contributed by atoms with Crippen molar-refractivity contribution in [2.45, 2.75) is 47.7 Å². The summed E-state index contributed by atoms with van der Waals surface area (Å²) in [5.41, 5.74) is 4.47. The zero-order chi connectivity index (χ0) is 22.1. The second kappa shape index (κ2) is 11.4. The molecule has 1 aromatic carbocycles. The Bertz CT molecular complexity index is 839. The lowest BCUT2D eigenvalue weighted by atomic mass is 10.2. The van der Waals surface area contributed by atoms with E-state index < -0.39 is 0 Å². The minimum absolute atomic E-state index is 0.108. The Morgan fingerprint density at radius 2 is 1.80 bits per heavy atom. The summed E-state index contributed by atoms with van der Waals surface area (Å²) in [6, 6.07) is 10.3. The largest absolute Gasteiger partial charge is 0.357 e. The van der Waals surface area contributed by atoms with Crippen molar-refractivity contribution < 1.29 is 4.79 Å². The minimum Gasteiger partial charge on any atom is -0.357 e. The van der Waals surface area contributed by atoms with Gasteiger partial charge in [0.1, 0.15) is 0 Å². The van der Waals surface area contributed by atoms with Gasteiger partial charge in [-0.15, -0.1) is 0 Å². The molecular weight excluding hydrogens is 376 g/mol. The molecule has 2 aromatic rings. The number of amides is 1. The molecule has 1 aromatic heterocycles. The lowest BCUT2D eigenvalue weighted by molar-refractivity contribution is -0.131. The van der Waals surface area contributed by atoms with Crippen LogP contribution in [0.25, 0.3) is 0 Å². The lowest BCUT2D eigenvalue weighted by Gasteiger charge is -2.25. The van der Waals surface area contributed by atoms with E-state index in [4.69, 9.17) is 10.1 Å². The van der Waals surface area contributed by atoms with Crippen LogP contribution < -0.4 is 5.32 Å². The Balaban J connectivity index is 2.14. The summed E-state index contributed by atoms with van der Waals surface area (Å²) >= 11 is 0. The van der Waals surface area contributed by atoms with Crippen LogP contribution in [-0.2, 0) is 17.9 Å². The van der Waals surface area contributed by atoms with Crippen molar-refractivity contribution >= 4 is 11.9 Å². The maximum atomic E-state index is 12.5. The number of aryl methyl sites for hydroxylation is 1. The molecule has 1 heterocycles. The van der Waals surface area contributed by atoms with Crippen LogP contribution in [0.3, 0.4) is 0 Å². The van der Waals surface area contributed by atoms with Gasteiger partial charge in [0.2, 0.25) is 5.91 Å². The molecule has 30 heavy (non-hydrogen) atoms. The van der Waals surface area contributed by atoms with Crippen molar-refractivity contribution in [1.82, 2.24) is 24.9 Å². The monoisotopic (exact) mass is 412 g/mol. The lowest BCUT2D eigenvalue weighted by Crippen LogP contribution is -2.45. The van der Waals surface area contributed by atoms with Crippen molar-refractivity contribution in [3.8, 4) is 0 Å². The summed E-state index contributed by atoms with van der Waals surface area (Å²) < 4.78 is 2.04. The predicted molar refractivity (Wildman–Crippen MR) is 123 cm³/mol. The molecule has 1 amide bonds. The van der Waals surface area contributed by atoms with Crippen molar-refractivity contribution in [3.63, 3.8) is 0 Å². The van der Waals surface area contributed by atoms with Gasteiger partial charge in [-0.05, 0) is 40.2 Å². The molecule has 0 unspecified atom stereocenters. The number of aliphatic imine (C=N–C) groups is 1. The Morgan fingerprint density at radius 3 is 2.40 bits per heavy atom. The fourth-order valence-electron chi connectivity index (χ4n) is 3.45. The first-order valence-corrected chi connectivity index (χ1v) is 10.7. The first-order chi connectivity index (χ1) is 14.4. The molecule has 0 aliphatic carbocycles. The van der Waals surface area contributed by atoms with Gasteiger partial charge in [0.25, 0.3) is 0 Å². The fourth-order valence-corrected chi connectivity index (χ4v) is 3.45. The normalized spacial score (nSPS) is 11.5. The first kappa shape index (κ1) is 23.4. The summed E-state index contributed by atoms with van der Waals surface area (Å²) in [4.78, 5) is 21.0. The molecule has 0 bridgehead atoms. The van der Waals surface area contributed by atoms with Crippen LogP contribution in [0.5, 0.6) is 0 Å². The number of nitrogens with zero attached hydrogens (tertiary/aromatic N) is 5. The SMILES string of the molecule is CCNC(=NCc1c(C)nn(Cc2ccccc2)c1C)N(C)CC(=O)N(CC)CC. The van der Waals surface area contributed by atoms with E-state index in [0.717, 1.165) is 49.1 Å². The highest BCUT2D eigenvalue weighted by Gasteiger charge is 2.16. The number of likely N-dealkylation sites (N-methyl/N-ethyl adjacent to an activating group) is 2. The van der Waals surface area contributed by atoms with Gasteiger partial charge in [0.05, 0.1) is 25.3 Å². The standard InChI is InChI=1S/C23H36N6O/c1-7-24-23(27(6)17-22(30)28(8-2)9-3)25-15-21-18(4)26-29(19(21)5)16-20-13-11-10-12-14-20/h10-14H,7-9,15-17H2,1-6H3,(H,24,25). The van der Waals surface area contributed by atoms with Crippen molar-refractivity contribution in [2.75, 3.05) is 33.2 Å². The first-order valence-electron chi connectivity index (χ1n) is 10.7. The van der Waals surface area contributed by atoms with Gasteiger partial charge in [-0.2, -0.15) is 5.10 Å². The number of hydrogen-bond donors (Lipinski definition) is 1. The van der Waals surface area contributed by atoms with Crippen LogP contribution in [0.2, 0.25) is 0 Å². The van der Waals surface area contributed by atoms with Crippen LogP contribution >= 0.6 is 0 Å². The Kier molecular flexibility index (Phi) is 8.89. The Labute approximate surface area is 180 Å². The molecule has 2 rings (SSSR count). The van der Waals surface area contributed by atoms with Gasteiger partial charge < -0.3 is 15.1 Å². The van der Waals surface area contributed by atoms with Gasteiger partial charge in [0.15, 0.2) is 5.96 Å². The number of benzene rings is 1. The Hall–Kier alpha value is -2.83. The van der Waals surface area contributed by atoms with E-state index in [1.807, 2.05) is 67.4 Å². The highest BCUT2D eigenvalue weighted by Crippen LogP contribution is 2.16. The zero-order valence-corrected chi connectivity index (χ0v) is 19.3. The van der Waals surface area contributed by atoms with E-state index in [1.54, 1.807) is 0 Å². The molecule has 0 fully saturated rings. The van der Waals surface area contributed by atoms with E-state index in [-0.39, 0.29) is 5.91 Å². The van der Waals surface area contributed by atoms with Crippen molar-refractivity contribution in [1.29, 1.82) is 0 Å². The maximum Gasteiger partial charge on any atom is 0.242 e. The maximum absolute atomic E-state index is 12.5. The van der Waals surface area contributed by atoms with Gasteiger partial charge in [-0.1, -0.05) is 30.3 Å². The molecule has 1 N–H and O–H groups in total. The van der Waals surface area contributed by atoms with Crippen LogP contribution in [0, 0.1) is 13.8 Å². The molecule has 164 valence electrons. The van der Waals surface area contributed by atoms with Gasteiger partial charge >= 0.3 is 0 Å². The molecule has 7 heteroatoms. The summed E-state index contributed by atoms with van der Waals surface area (Å²) in [7, 11) is 1.90. The van der Waals surface area contributed by atoms with Gasteiger partial charge in [0, 0.05) is 37.9 Å². The van der Waals surface area contributed by atoms with Crippen LogP contribution in [-0.4, -0.2) is 64.7 Å².